The molecule has 2 atom stereocenters. The van der Waals surface area contributed by atoms with Gasteiger partial charge in [0.05, 0.1) is 29.2 Å². The molecule has 11 nitrogen and oxygen atoms in total. The summed E-state index contributed by atoms with van der Waals surface area (Å²) in [5.41, 5.74) is -2.45. The van der Waals surface area contributed by atoms with Crippen LogP contribution in [0, 0.1) is 17.1 Å². The number of halogens is 6. The fourth-order valence-corrected chi connectivity index (χ4v) is 7.37. The quantitative estimate of drug-likeness (QED) is 0.203. The molecule has 56 heavy (non-hydrogen) atoms. The summed E-state index contributed by atoms with van der Waals surface area (Å²) in [5, 5.41) is 14.0. The number of nitriles is 1. The zero-order valence-corrected chi connectivity index (χ0v) is 33.4. The van der Waals surface area contributed by atoms with E-state index < -0.39 is 40.0 Å². The maximum absolute atomic E-state index is 15.8. The molecule has 4 aliphatic heterocycles. The Labute approximate surface area is 330 Å². The summed E-state index contributed by atoms with van der Waals surface area (Å²) in [6.07, 6.45) is 5.09. The van der Waals surface area contributed by atoms with E-state index in [4.69, 9.17) is 26.7 Å². The number of amides is 1. The average molecular weight is 811 g/mol. The number of likely N-dealkylation sites (tertiary alicyclic amines) is 1. The second kappa shape index (κ2) is 22.5. The van der Waals surface area contributed by atoms with Gasteiger partial charge in [-0.3, -0.25) is 19.6 Å². The van der Waals surface area contributed by atoms with Crippen molar-refractivity contribution in [2.24, 2.45) is 0 Å². The summed E-state index contributed by atoms with van der Waals surface area (Å²) >= 11 is 5.84. The number of carbonyl (C=O) groups is 1. The van der Waals surface area contributed by atoms with Crippen LogP contribution in [0.15, 0.2) is 36.5 Å². The SMILES string of the molecule is CC.CC#N.CO.COc1nc(N2CCN(C(=O)/C=C/CN3CCCC3)CC2)c2cnc(-c3cccc(Cl)c3C(F)(F)F)c(F)c2n1.FC1CC2CCCN2C1. The summed E-state index contributed by atoms with van der Waals surface area (Å²) in [4.78, 5) is 33.4. The first-order valence-corrected chi connectivity index (χ1v) is 19.2. The van der Waals surface area contributed by atoms with E-state index in [0.29, 0.717) is 44.6 Å². The van der Waals surface area contributed by atoms with Gasteiger partial charge in [-0.1, -0.05) is 43.7 Å². The first-order chi connectivity index (χ1) is 26.9. The van der Waals surface area contributed by atoms with E-state index in [-0.39, 0.29) is 22.8 Å². The van der Waals surface area contributed by atoms with Crippen molar-refractivity contribution >= 4 is 34.2 Å². The zero-order chi connectivity index (χ0) is 41.4. The number of ether oxygens (including phenoxy) is 1. The molecule has 4 saturated heterocycles. The Morgan fingerprint density at radius 3 is 2.34 bits per heavy atom. The van der Waals surface area contributed by atoms with Gasteiger partial charge in [0, 0.05) is 77.2 Å². The van der Waals surface area contributed by atoms with Crippen molar-refractivity contribution in [3.8, 4) is 23.3 Å². The monoisotopic (exact) mass is 810 g/mol. The van der Waals surface area contributed by atoms with E-state index in [2.05, 4.69) is 24.8 Å². The van der Waals surface area contributed by atoms with Crippen molar-refractivity contribution in [2.75, 3.05) is 78.0 Å². The summed E-state index contributed by atoms with van der Waals surface area (Å²) < 4.78 is 74.9. The lowest BCUT2D eigenvalue weighted by Gasteiger charge is -2.35. The second-order valence-corrected chi connectivity index (χ2v) is 13.4. The van der Waals surface area contributed by atoms with Gasteiger partial charge < -0.3 is 19.6 Å². The molecule has 2 unspecified atom stereocenters. The highest BCUT2D eigenvalue weighted by Crippen LogP contribution is 2.42. The minimum atomic E-state index is -4.83. The van der Waals surface area contributed by atoms with Crippen LogP contribution >= 0.6 is 11.6 Å². The highest BCUT2D eigenvalue weighted by molar-refractivity contribution is 6.31. The van der Waals surface area contributed by atoms with E-state index >= 15 is 4.39 Å². The van der Waals surface area contributed by atoms with Gasteiger partial charge in [0.15, 0.2) is 5.82 Å². The van der Waals surface area contributed by atoms with Gasteiger partial charge in [0.25, 0.3) is 0 Å². The number of anilines is 1. The lowest BCUT2D eigenvalue weighted by atomic mass is 10.0. The van der Waals surface area contributed by atoms with Crippen LogP contribution in [0.25, 0.3) is 22.2 Å². The molecule has 0 radical (unpaired) electrons. The summed E-state index contributed by atoms with van der Waals surface area (Å²) in [6, 6.07) is 5.71. The number of benzene rings is 1. The number of aromatic nitrogens is 3. The Morgan fingerprint density at radius 2 is 1.73 bits per heavy atom. The third-order valence-electron chi connectivity index (χ3n) is 9.55. The molecule has 308 valence electrons. The average Bonchev–Trinajstić information content (AvgIpc) is 3.96. The summed E-state index contributed by atoms with van der Waals surface area (Å²) in [6.45, 7) is 11.8. The van der Waals surface area contributed by atoms with Crippen LogP contribution in [0.5, 0.6) is 6.01 Å². The molecular weight excluding hydrogens is 759 g/mol. The van der Waals surface area contributed by atoms with Gasteiger partial charge >= 0.3 is 12.2 Å². The normalized spacial score (nSPS) is 19.4. The van der Waals surface area contributed by atoms with Crippen LogP contribution in [-0.2, 0) is 11.0 Å². The first-order valence-electron chi connectivity index (χ1n) is 18.8. The molecule has 1 aromatic carbocycles. The number of hydrogen-bond donors (Lipinski definition) is 1. The molecule has 1 N–H and O–H groups in total. The molecule has 6 heterocycles. The van der Waals surface area contributed by atoms with Crippen LogP contribution < -0.4 is 9.64 Å². The number of piperazine rings is 1. The van der Waals surface area contributed by atoms with E-state index in [0.717, 1.165) is 51.8 Å². The Bertz CT molecular complexity index is 1770. The standard InChI is InChI=1S/C27H27ClF4N6O2.C7H12FN.C2H3N.C2H6.CH4O/c1-40-26-34-24-18(16-33-23(22(24)29)17-6-4-7-19(28)21(17)27(30,31)32)25(35-26)38-14-12-37(13-15-38)20(39)8-5-11-36-9-2-3-10-36;8-6-4-7-2-1-3-9(7)5-6;1-2-3;2*1-2/h4-8,16H,2-3,9-15H2,1H3;6-7H,1-5H2;1H3;1-2H3;2H,1H3/b8-5+;;;;. The molecule has 7 rings (SSSR count). The fourth-order valence-electron chi connectivity index (χ4n) is 7.09. The minimum absolute atomic E-state index is 0.0803. The van der Waals surface area contributed by atoms with Crippen molar-refractivity contribution in [1.29, 1.82) is 5.26 Å². The number of nitrogens with zero attached hydrogens (tertiary/aromatic N) is 8. The van der Waals surface area contributed by atoms with E-state index in [1.165, 1.54) is 52.0 Å². The van der Waals surface area contributed by atoms with Gasteiger partial charge in [-0.25, -0.2) is 8.78 Å². The van der Waals surface area contributed by atoms with Crippen molar-refractivity contribution in [3.05, 3.63) is 53.0 Å². The Hall–Kier alpha value is -4.17. The topological polar surface area (TPSA) is 122 Å². The van der Waals surface area contributed by atoms with Crippen LogP contribution in [-0.4, -0.2) is 126 Å². The number of alkyl halides is 4. The second-order valence-electron chi connectivity index (χ2n) is 12.9. The highest BCUT2D eigenvalue weighted by Gasteiger charge is 2.38. The Balaban J connectivity index is 0.000000440. The van der Waals surface area contributed by atoms with Crippen molar-refractivity contribution in [3.63, 3.8) is 0 Å². The van der Waals surface area contributed by atoms with Crippen LogP contribution in [0.4, 0.5) is 27.8 Å². The number of aliphatic hydroxyl groups is 1. The molecule has 0 spiro atoms. The predicted molar refractivity (Wildman–Crippen MR) is 208 cm³/mol. The minimum Gasteiger partial charge on any atom is -0.467 e. The van der Waals surface area contributed by atoms with Crippen molar-refractivity contribution < 1.29 is 36.6 Å². The number of hydrogen-bond acceptors (Lipinski definition) is 10. The van der Waals surface area contributed by atoms with Crippen molar-refractivity contribution in [1.82, 2.24) is 29.7 Å². The Morgan fingerprint density at radius 1 is 1.07 bits per heavy atom. The molecule has 0 aliphatic carbocycles. The molecule has 0 saturated carbocycles. The number of pyridine rings is 1. The maximum atomic E-state index is 15.8. The summed E-state index contributed by atoms with van der Waals surface area (Å²) in [7, 11) is 2.31. The lowest BCUT2D eigenvalue weighted by molar-refractivity contribution is -0.137. The van der Waals surface area contributed by atoms with Gasteiger partial charge in [0.1, 0.15) is 23.2 Å². The smallest absolute Gasteiger partial charge is 0.418 e. The molecule has 0 bridgehead atoms. The number of aliphatic hydroxyl groups excluding tert-OH is 1. The van der Waals surface area contributed by atoms with Gasteiger partial charge in [-0.05, 0) is 57.8 Å². The molecule has 3 aromatic rings. The van der Waals surface area contributed by atoms with Crippen LogP contribution in [0.1, 0.15) is 58.4 Å². The molecule has 1 amide bonds. The fraction of sp³-hybridized carbons (Fsp3) is 0.564. The summed E-state index contributed by atoms with van der Waals surface area (Å²) in [5.74, 6) is -0.814. The molecular formula is C39H52ClF5N8O3. The Kier molecular flexibility index (Phi) is 18.6. The molecule has 2 aromatic heterocycles. The third-order valence-corrected chi connectivity index (χ3v) is 9.87. The maximum Gasteiger partial charge on any atom is 0.418 e. The number of rotatable bonds is 6. The number of fused-ring (bicyclic) bond motifs is 2. The lowest BCUT2D eigenvalue weighted by Crippen LogP contribution is -2.48. The number of methoxy groups -OCH3 is 1. The predicted octanol–water partition coefficient (Wildman–Crippen LogP) is 7.17. The van der Waals surface area contributed by atoms with Gasteiger partial charge in [-0.2, -0.15) is 28.4 Å². The van der Waals surface area contributed by atoms with Gasteiger partial charge in [0.2, 0.25) is 5.91 Å². The first kappa shape index (κ1) is 46.2. The van der Waals surface area contributed by atoms with Crippen molar-refractivity contribution in [2.45, 2.75) is 71.3 Å². The zero-order valence-electron chi connectivity index (χ0n) is 32.6. The molecule has 4 fully saturated rings. The van der Waals surface area contributed by atoms with E-state index in [1.54, 1.807) is 17.0 Å². The van der Waals surface area contributed by atoms with E-state index in [9.17, 15) is 22.4 Å². The molecule has 4 aliphatic rings. The van der Waals surface area contributed by atoms with Gasteiger partial charge in [-0.15, -0.1) is 0 Å². The third kappa shape index (κ3) is 11.9. The largest absolute Gasteiger partial charge is 0.467 e. The van der Waals surface area contributed by atoms with E-state index in [1.807, 2.05) is 24.8 Å². The number of carbonyl (C=O) groups excluding carboxylic acids is 1. The van der Waals surface area contributed by atoms with Crippen LogP contribution in [0.2, 0.25) is 5.02 Å². The van der Waals surface area contributed by atoms with Crippen LogP contribution in [0.3, 0.4) is 0 Å². The highest BCUT2D eigenvalue weighted by atomic mass is 35.5. The molecule has 17 heteroatoms.